The molecule has 1 atom stereocenters. The average Bonchev–Trinajstić information content (AvgIpc) is 2.13. The molecule has 8 heteroatoms. The van der Waals surface area contributed by atoms with E-state index in [1.54, 1.807) is 0 Å². The summed E-state index contributed by atoms with van der Waals surface area (Å²) < 4.78 is 0. The van der Waals surface area contributed by atoms with E-state index >= 15 is 0 Å². The van der Waals surface area contributed by atoms with Crippen LogP contribution in [0.15, 0.2) is 0 Å². The maximum absolute atomic E-state index is 11.0. The lowest BCUT2D eigenvalue weighted by Crippen LogP contribution is -2.54. The summed E-state index contributed by atoms with van der Waals surface area (Å²) >= 11 is 0. The molecule has 0 fully saturated rings. The van der Waals surface area contributed by atoms with Gasteiger partial charge in [-0.1, -0.05) is 0 Å². The number of aliphatic hydroxyl groups is 1. The van der Waals surface area contributed by atoms with E-state index in [2.05, 4.69) is 9.78 Å². The van der Waals surface area contributed by atoms with Crippen molar-refractivity contribution in [1.29, 1.82) is 0 Å². The normalized spacial score (nSPS) is 13.6. The maximum Gasteiger partial charge on any atom is 0.407 e. The molecule has 0 aromatic heterocycles. The third-order valence-corrected chi connectivity index (χ3v) is 1.20. The van der Waals surface area contributed by atoms with Crippen LogP contribution in [-0.2, 0) is 24.2 Å². The number of rotatable bonds is 3. The van der Waals surface area contributed by atoms with E-state index in [1.165, 1.54) is 0 Å². The highest BCUT2D eigenvalue weighted by Crippen LogP contribution is 2.01. The van der Waals surface area contributed by atoms with Gasteiger partial charge in [0.1, 0.15) is 0 Å². The molecule has 0 bridgehead atoms. The molecular formula is C7H12N2O6. The molecule has 1 unspecified atom stereocenters. The Bertz CT molecular complexity index is 275. The van der Waals surface area contributed by atoms with Crippen molar-refractivity contribution in [3.63, 3.8) is 0 Å². The Morgan fingerprint density at radius 3 is 2.33 bits per heavy atom. The fourth-order valence-electron chi connectivity index (χ4n) is 0.551. The van der Waals surface area contributed by atoms with Crippen LogP contribution in [0.2, 0.25) is 0 Å². The Balaban J connectivity index is 4.25. The molecule has 0 aromatic rings. The molecule has 0 heterocycles. The first-order valence-corrected chi connectivity index (χ1v) is 3.92. The van der Waals surface area contributed by atoms with E-state index in [0.29, 0.717) is 0 Å². The predicted octanol–water partition coefficient (Wildman–Crippen LogP) is -2.21. The zero-order valence-corrected chi connectivity index (χ0v) is 8.27. The van der Waals surface area contributed by atoms with Gasteiger partial charge < -0.3 is 16.2 Å². The van der Waals surface area contributed by atoms with E-state index in [0.717, 1.165) is 13.8 Å². The summed E-state index contributed by atoms with van der Waals surface area (Å²) in [6.45, 7) is 1.55. The molecule has 0 radical (unpaired) electrons. The van der Waals surface area contributed by atoms with Gasteiger partial charge in [0.2, 0.25) is 11.6 Å². The van der Waals surface area contributed by atoms with Crippen LogP contribution < -0.4 is 11.1 Å². The highest BCUT2D eigenvalue weighted by atomic mass is 17.2. The molecule has 0 rings (SSSR count). The Labute approximate surface area is 85.3 Å². The van der Waals surface area contributed by atoms with Crippen LogP contribution in [0.3, 0.4) is 0 Å². The van der Waals surface area contributed by atoms with Crippen molar-refractivity contribution in [2.75, 3.05) is 6.54 Å². The third kappa shape index (κ3) is 4.93. The zero-order valence-electron chi connectivity index (χ0n) is 8.27. The Morgan fingerprint density at radius 1 is 1.40 bits per heavy atom. The Kier molecular flexibility index (Phi) is 4.68. The molecule has 0 saturated heterocycles. The van der Waals surface area contributed by atoms with Crippen molar-refractivity contribution in [3.8, 4) is 0 Å². The fourth-order valence-corrected chi connectivity index (χ4v) is 0.551. The van der Waals surface area contributed by atoms with E-state index in [1.807, 2.05) is 5.32 Å². The molecule has 0 aliphatic carbocycles. The SMILES string of the molecule is CC(=O)OOC(=O)C(C)(O)NC(=O)CN. The largest absolute Gasteiger partial charge is 0.407 e. The molecular weight excluding hydrogens is 208 g/mol. The summed E-state index contributed by atoms with van der Waals surface area (Å²) in [5.74, 6) is -2.97. The van der Waals surface area contributed by atoms with Crippen molar-refractivity contribution >= 4 is 17.8 Å². The van der Waals surface area contributed by atoms with Gasteiger partial charge in [0, 0.05) is 6.92 Å². The zero-order chi connectivity index (χ0) is 12.1. The number of carbonyl (C=O) groups is 3. The summed E-state index contributed by atoms with van der Waals surface area (Å²) in [4.78, 5) is 39.8. The first kappa shape index (κ1) is 13.3. The number of hydrogen-bond acceptors (Lipinski definition) is 7. The van der Waals surface area contributed by atoms with Crippen molar-refractivity contribution < 1.29 is 29.3 Å². The monoisotopic (exact) mass is 220 g/mol. The number of nitrogens with one attached hydrogen (secondary N) is 1. The van der Waals surface area contributed by atoms with Gasteiger partial charge in [0.25, 0.3) is 0 Å². The van der Waals surface area contributed by atoms with Gasteiger partial charge in [0.15, 0.2) is 0 Å². The van der Waals surface area contributed by atoms with Gasteiger partial charge in [-0.15, -0.1) is 0 Å². The van der Waals surface area contributed by atoms with Gasteiger partial charge in [-0.2, -0.15) is 0 Å². The number of carbonyl (C=O) groups excluding carboxylic acids is 3. The molecule has 0 aromatic carbocycles. The molecule has 0 aliphatic rings. The van der Waals surface area contributed by atoms with Gasteiger partial charge in [-0.3, -0.25) is 4.79 Å². The second-order valence-corrected chi connectivity index (χ2v) is 2.77. The predicted molar refractivity (Wildman–Crippen MR) is 45.7 cm³/mol. The lowest BCUT2D eigenvalue weighted by atomic mass is 10.2. The smallest absolute Gasteiger partial charge is 0.362 e. The van der Waals surface area contributed by atoms with Crippen molar-refractivity contribution in [1.82, 2.24) is 5.32 Å². The first-order chi connectivity index (χ1) is 6.79. The standard InChI is InChI=1S/C7H12N2O6/c1-4(10)14-15-6(12)7(2,13)9-5(11)3-8/h13H,3,8H2,1-2H3,(H,9,11). The average molecular weight is 220 g/mol. The van der Waals surface area contributed by atoms with Gasteiger partial charge in [-0.25, -0.2) is 19.4 Å². The molecule has 1 amide bonds. The third-order valence-electron chi connectivity index (χ3n) is 1.20. The van der Waals surface area contributed by atoms with Crippen LogP contribution in [0.1, 0.15) is 13.8 Å². The van der Waals surface area contributed by atoms with Crippen LogP contribution in [-0.4, -0.2) is 35.2 Å². The van der Waals surface area contributed by atoms with E-state index in [-0.39, 0.29) is 0 Å². The van der Waals surface area contributed by atoms with Crippen molar-refractivity contribution in [3.05, 3.63) is 0 Å². The fraction of sp³-hybridized carbons (Fsp3) is 0.571. The summed E-state index contributed by atoms with van der Waals surface area (Å²) in [5, 5.41) is 11.2. The Morgan fingerprint density at radius 2 is 1.93 bits per heavy atom. The molecule has 4 N–H and O–H groups in total. The minimum atomic E-state index is -2.30. The minimum Gasteiger partial charge on any atom is -0.362 e. The molecule has 0 aliphatic heterocycles. The van der Waals surface area contributed by atoms with Crippen LogP contribution in [0.4, 0.5) is 0 Å². The van der Waals surface area contributed by atoms with E-state index < -0.39 is 30.1 Å². The second-order valence-electron chi connectivity index (χ2n) is 2.77. The van der Waals surface area contributed by atoms with Crippen LogP contribution >= 0.6 is 0 Å². The van der Waals surface area contributed by atoms with Crippen molar-refractivity contribution in [2.45, 2.75) is 19.6 Å². The van der Waals surface area contributed by atoms with Crippen LogP contribution in [0, 0.1) is 0 Å². The number of hydrogen-bond donors (Lipinski definition) is 3. The second kappa shape index (κ2) is 5.27. The van der Waals surface area contributed by atoms with Crippen LogP contribution in [0.5, 0.6) is 0 Å². The van der Waals surface area contributed by atoms with Gasteiger partial charge in [-0.05, 0) is 6.92 Å². The summed E-state index contributed by atoms with van der Waals surface area (Å²) in [5.41, 5.74) is 2.64. The molecule has 86 valence electrons. The Hall–Kier alpha value is -1.67. The highest BCUT2D eigenvalue weighted by molar-refractivity contribution is 5.87. The number of nitrogens with two attached hydrogens (primary N) is 1. The summed E-state index contributed by atoms with van der Waals surface area (Å²) in [6, 6.07) is 0. The topological polar surface area (TPSA) is 128 Å². The first-order valence-electron chi connectivity index (χ1n) is 3.92. The van der Waals surface area contributed by atoms with Crippen LogP contribution in [0.25, 0.3) is 0 Å². The lowest BCUT2D eigenvalue weighted by molar-refractivity contribution is -0.269. The molecule has 15 heavy (non-hydrogen) atoms. The number of amides is 1. The quantitative estimate of drug-likeness (QED) is 0.279. The molecule has 8 nitrogen and oxygen atoms in total. The van der Waals surface area contributed by atoms with Crippen molar-refractivity contribution in [2.24, 2.45) is 5.73 Å². The summed E-state index contributed by atoms with van der Waals surface area (Å²) in [6.07, 6.45) is 0. The van der Waals surface area contributed by atoms with E-state index in [9.17, 15) is 19.5 Å². The lowest BCUT2D eigenvalue weighted by Gasteiger charge is -2.20. The molecule has 0 spiro atoms. The minimum absolute atomic E-state index is 0.406. The molecule has 0 saturated carbocycles. The van der Waals surface area contributed by atoms with E-state index in [4.69, 9.17) is 5.73 Å². The van der Waals surface area contributed by atoms with Gasteiger partial charge in [0.05, 0.1) is 6.54 Å². The van der Waals surface area contributed by atoms with Gasteiger partial charge >= 0.3 is 11.9 Å². The highest BCUT2D eigenvalue weighted by Gasteiger charge is 2.35. The summed E-state index contributed by atoms with van der Waals surface area (Å²) in [7, 11) is 0. The maximum atomic E-state index is 11.0.